The molecule has 0 radical (unpaired) electrons. The van der Waals surface area contributed by atoms with Crippen molar-refractivity contribution in [1.82, 2.24) is 14.3 Å². The summed E-state index contributed by atoms with van der Waals surface area (Å²) in [6.45, 7) is 10.2. The lowest BCUT2D eigenvalue weighted by molar-refractivity contribution is 0.0520. The van der Waals surface area contributed by atoms with E-state index in [2.05, 4.69) is 27.6 Å². The highest BCUT2D eigenvalue weighted by Crippen LogP contribution is 2.35. The van der Waals surface area contributed by atoms with Gasteiger partial charge in [0.2, 0.25) is 0 Å². The van der Waals surface area contributed by atoms with E-state index in [0.29, 0.717) is 26.9 Å². The van der Waals surface area contributed by atoms with Crippen molar-refractivity contribution in [2.75, 3.05) is 6.61 Å². The number of aryl methyl sites for hydroxylation is 1. The van der Waals surface area contributed by atoms with Gasteiger partial charge in [0.05, 0.1) is 39.3 Å². The second-order valence-corrected chi connectivity index (χ2v) is 9.35. The molecule has 1 aromatic carbocycles. The highest BCUT2D eigenvalue weighted by Gasteiger charge is 2.22. The average molecular weight is 571 g/mol. The van der Waals surface area contributed by atoms with Gasteiger partial charge >= 0.3 is 5.97 Å². The van der Waals surface area contributed by atoms with Gasteiger partial charge in [0, 0.05) is 22.9 Å². The van der Waals surface area contributed by atoms with Gasteiger partial charge < -0.3 is 4.74 Å². The molecule has 0 aliphatic rings. The Balaban J connectivity index is 2.23. The zero-order chi connectivity index (χ0) is 25.0. The standard InChI is InChI=1S/C24H23BrClF2N3O2S/c1-5-11-30-13-15(12-29-30)31-21(20(28)17(26)6-2)14(4)22(23(31)25)34-18-10-8-9-16(19(18)27)24(32)33-7-3/h6,8-10,12-13H,4-5,7,11H2,1-3H3/b17-6+,21-20-. The maximum Gasteiger partial charge on any atom is 0.341 e. The van der Waals surface area contributed by atoms with Crippen LogP contribution in [0, 0.1) is 5.82 Å². The van der Waals surface area contributed by atoms with Crippen molar-refractivity contribution in [2.45, 2.75) is 43.5 Å². The van der Waals surface area contributed by atoms with Crippen molar-refractivity contribution in [1.29, 1.82) is 0 Å². The third-order valence-corrected chi connectivity index (χ3v) is 7.42. The highest BCUT2D eigenvalue weighted by molar-refractivity contribution is 9.10. The zero-order valence-corrected chi connectivity index (χ0v) is 22.0. The SMILES string of the molecule is C=c1c(Sc2cccc(C(=O)OCC)c2F)c(Br)n(-c2cnn(CCC)c2)/c1=C(F)/C(Cl)=C\C. The molecule has 3 aromatic rings. The topological polar surface area (TPSA) is 49.1 Å². The molecule has 2 heterocycles. The number of ether oxygens (including phenoxy) is 1. The first-order chi connectivity index (χ1) is 16.2. The van der Waals surface area contributed by atoms with Crippen LogP contribution in [0.1, 0.15) is 37.6 Å². The Kier molecular flexibility index (Phi) is 8.78. The summed E-state index contributed by atoms with van der Waals surface area (Å²) in [6.07, 6.45) is 5.71. The van der Waals surface area contributed by atoms with Crippen LogP contribution in [0.2, 0.25) is 0 Å². The van der Waals surface area contributed by atoms with Crippen LogP contribution in [-0.4, -0.2) is 26.9 Å². The van der Waals surface area contributed by atoms with Crippen LogP contribution in [0.5, 0.6) is 0 Å². The van der Waals surface area contributed by atoms with E-state index in [1.165, 1.54) is 18.2 Å². The van der Waals surface area contributed by atoms with Gasteiger partial charge in [-0.3, -0.25) is 9.25 Å². The molecule has 0 aliphatic carbocycles. The predicted octanol–water partition coefficient (Wildman–Crippen LogP) is 5.94. The minimum Gasteiger partial charge on any atom is -0.462 e. The largest absolute Gasteiger partial charge is 0.462 e. The fraction of sp³-hybridized carbons (Fsp3) is 0.250. The molecule has 34 heavy (non-hydrogen) atoms. The first-order valence-corrected chi connectivity index (χ1v) is 12.5. The number of carbonyl (C=O) groups is 1. The van der Waals surface area contributed by atoms with Gasteiger partial charge in [-0.15, -0.1) is 0 Å². The third kappa shape index (κ3) is 5.16. The summed E-state index contributed by atoms with van der Waals surface area (Å²) >= 11 is 10.7. The molecule has 0 spiro atoms. The van der Waals surface area contributed by atoms with Gasteiger partial charge in [0.15, 0.2) is 11.6 Å². The first kappa shape index (κ1) is 26.2. The Hall–Kier alpha value is -2.36. The van der Waals surface area contributed by atoms with E-state index in [4.69, 9.17) is 16.3 Å². The summed E-state index contributed by atoms with van der Waals surface area (Å²) in [5.41, 5.74) is 0.410. The van der Waals surface area contributed by atoms with Gasteiger partial charge in [-0.2, -0.15) is 5.10 Å². The van der Waals surface area contributed by atoms with Gasteiger partial charge in [-0.1, -0.05) is 49.0 Å². The smallest absolute Gasteiger partial charge is 0.341 e. The Morgan fingerprint density at radius 3 is 2.76 bits per heavy atom. The molecular weight excluding hydrogens is 548 g/mol. The molecule has 2 aromatic heterocycles. The number of rotatable bonds is 8. The molecule has 0 saturated carbocycles. The molecule has 180 valence electrons. The quantitative estimate of drug-likeness (QED) is 0.314. The number of aromatic nitrogens is 3. The Bertz CT molecular complexity index is 1370. The molecule has 3 rings (SSSR count). The number of esters is 1. The molecule has 0 fully saturated rings. The summed E-state index contributed by atoms with van der Waals surface area (Å²) in [7, 11) is 0. The Morgan fingerprint density at radius 2 is 2.12 bits per heavy atom. The van der Waals surface area contributed by atoms with Gasteiger partial charge in [0.1, 0.15) is 4.60 Å². The van der Waals surface area contributed by atoms with E-state index in [1.54, 1.807) is 41.6 Å². The van der Waals surface area contributed by atoms with E-state index in [9.17, 15) is 4.79 Å². The Labute approximate surface area is 213 Å². The second kappa shape index (κ2) is 11.4. The third-order valence-electron chi connectivity index (χ3n) is 4.84. The second-order valence-electron chi connectivity index (χ2n) is 7.13. The van der Waals surface area contributed by atoms with Crippen LogP contribution in [0.15, 0.2) is 56.1 Å². The van der Waals surface area contributed by atoms with Gasteiger partial charge in [0.25, 0.3) is 0 Å². The van der Waals surface area contributed by atoms with Crippen molar-refractivity contribution < 1.29 is 18.3 Å². The molecule has 5 nitrogen and oxygen atoms in total. The van der Waals surface area contributed by atoms with E-state index in [1.807, 2.05) is 6.92 Å². The van der Waals surface area contributed by atoms with Gasteiger partial charge in [-0.25, -0.2) is 13.6 Å². The molecular formula is C24H23BrClF2N3O2S. The van der Waals surface area contributed by atoms with Crippen LogP contribution < -0.4 is 10.6 Å². The number of halogens is 4. The number of carbonyl (C=O) groups excluding carboxylic acids is 1. The van der Waals surface area contributed by atoms with Crippen LogP contribution in [0.4, 0.5) is 8.78 Å². The van der Waals surface area contributed by atoms with Crippen molar-refractivity contribution in [2.24, 2.45) is 0 Å². The predicted molar refractivity (Wildman–Crippen MR) is 135 cm³/mol. The fourth-order valence-corrected chi connectivity index (χ4v) is 5.18. The number of allylic oxidation sites excluding steroid dienone is 2. The van der Waals surface area contributed by atoms with E-state index < -0.39 is 17.6 Å². The maximum atomic E-state index is 15.4. The Morgan fingerprint density at radius 1 is 1.38 bits per heavy atom. The lowest BCUT2D eigenvalue weighted by atomic mass is 10.2. The summed E-state index contributed by atoms with van der Waals surface area (Å²) in [5.74, 6) is -2.15. The van der Waals surface area contributed by atoms with Crippen LogP contribution in [0.25, 0.3) is 18.1 Å². The van der Waals surface area contributed by atoms with Crippen molar-refractivity contribution in [3.05, 3.63) is 68.3 Å². The van der Waals surface area contributed by atoms with Crippen LogP contribution in [-0.2, 0) is 11.3 Å². The van der Waals surface area contributed by atoms with E-state index >= 15 is 8.78 Å². The fourth-order valence-electron chi connectivity index (χ4n) is 3.27. The number of nitrogens with zero attached hydrogens (tertiary/aromatic N) is 3. The van der Waals surface area contributed by atoms with E-state index in [0.717, 1.165) is 18.2 Å². The minimum absolute atomic E-state index is 0.0795. The molecule has 0 atom stereocenters. The van der Waals surface area contributed by atoms with E-state index in [-0.39, 0.29) is 27.4 Å². The summed E-state index contributed by atoms with van der Waals surface area (Å²) < 4.78 is 39.3. The number of hydrogen-bond donors (Lipinski definition) is 0. The highest BCUT2D eigenvalue weighted by atomic mass is 79.9. The summed E-state index contributed by atoms with van der Waals surface area (Å²) in [4.78, 5) is 12.8. The number of hydrogen-bond acceptors (Lipinski definition) is 4. The maximum absolute atomic E-state index is 15.4. The molecule has 0 aliphatic heterocycles. The monoisotopic (exact) mass is 569 g/mol. The first-order valence-electron chi connectivity index (χ1n) is 10.5. The van der Waals surface area contributed by atoms with Crippen LogP contribution in [0.3, 0.4) is 0 Å². The summed E-state index contributed by atoms with van der Waals surface area (Å²) in [6, 6.07) is 4.45. The molecule has 0 bridgehead atoms. The molecule has 0 saturated heterocycles. The normalized spacial score (nSPS) is 12.7. The van der Waals surface area contributed by atoms with Crippen LogP contribution >= 0.6 is 39.3 Å². The van der Waals surface area contributed by atoms with Crippen molar-refractivity contribution in [3.8, 4) is 5.69 Å². The number of benzene rings is 1. The lowest BCUT2D eigenvalue weighted by Crippen LogP contribution is -2.30. The molecule has 0 N–H and O–H groups in total. The lowest BCUT2D eigenvalue weighted by Gasteiger charge is -2.08. The molecule has 10 heteroatoms. The molecule has 0 amide bonds. The van der Waals surface area contributed by atoms with Crippen molar-refractivity contribution >= 4 is 57.7 Å². The zero-order valence-electron chi connectivity index (χ0n) is 18.9. The minimum atomic E-state index is -0.753. The van der Waals surface area contributed by atoms with Gasteiger partial charge in [-0.05, 0) is 48.3 Å². The molecule has 0 unspecified atom stereocenters. The van der Waals surface area contributed by atoms with Crippen molar-refractivity contribution in [3.63, 3.8) is 0 Å². The summed E-state index contributed by atoms with van der Waals surface area (Å²) in [5, 5.41) is 4.68. The average Bonchev–Trinajstić information content (AvgIpc) is 3.37.